The van der Waals surface area contributed by atoms with Crippen molar-refractivity contribution < 1.29 is 9.90 Å². The SMILES string of the molecule is NC[C@H](N)c1nc(C(=O)NCCO)cs1. The molecule has 84 valence electrons. The average molecular weight is 230 g/mol. The molecule has 6 nitrogen and oxygen atoms in total. The Morgan fingerprint density at radius 1 is 1.73 bits per heavy atom. The van der Waals surface area contributed by atoms with Crippen LogP contribution in [0.15, 0.2) is 5.38 Å². The van der Waals surface area contributed by atoms with Crippen molar-refractivity contribution in [2.75, 3.05) is 19.7 Å². The second kappa shape index (κ2) is 5.76. The Kier molecular flexibility index (Phi) is 4.63. The highest BCUT2D eigenvalue weighted by Gasteiger charge is 2.13. The van der Waals surface area contributed by atoms with Gasteiger partial charge in [-0.25, -0.2) is 4.98 Å². The lowest BCUT2D eigenvalue weighted by Crippen LogP contribution is -2.27. The van der Waals surface area contributed by atoms with Crippen LogP contribution in [0.5, 0.6) is 0 Å². The minimum atomic E-state index is -0.325. The maximum absolute atomic E-state index is 11.4. The van der Waals surface area contributed by atoms with Gasteiger partial charge in [-0.05, 0) is 0 Å². The zero-order valence-electron chi connectivity index (χ0n) is 8.14. The fourth-order valence-electron chi connectivity index (χ4n) is 0.923. The number of aliphatic hydroxyl groups is 1. The molecular weight excluding hydrogens is 216 g/mol. The molecule has 1 aromatic rings. The van der Waals surface area contributed by atoms with Gasteiger partial charge in [0.2, 0.25) is 0 Å². The molecule has 0 saturated carbocycles. The molecule has 0 aliphatic heterocycles. The smallest absolute Gasteiger partial charge is 0.270 e. The van der Waals surface area contributed by atoms with Crippen molar-refractivity contribution in [3.05, 3.63) is 16.1 Å². The second-order valence-corrected chi connectivity index (χ2v) is 3.78. The first kappa shape index (κ1) is 12.1. The van der Waals surface area contributed by atoms with Gasteiger partial charge in [-0.3, -0.25) is 4.79 Å². The predicted octanol–water partition coefficient (Wildman–Crippen LogP) is -1.18. The van der Waals surface area contributed by atoms with Crippen molar-refractivity contribution in [3.63, 3.8) is 0 Å². The van der Waals surface area contributed by atoms with Gasteiger partial charge in [0.1, 0.15) is 10.7 Å². The fourth-order valence-corrected chi connectivity index (χ4v) is 1.74. The number of carbonyl (C=O) groups is 1. The summed E-state index contributed by atoms with van der Waals surface area (Å²) < 4.78 is 0. The van der Waals surface area contributed by atoms with Crippen molar-refractivity contribution in [2.24, 2.45) is 11.5 Å². The predicted molar refractivity (Wildman–Crippen MR) is 57.5 cm³/mol. The number of hydrogen-bond acceptors (Lipinski definition) is 6. The molecule has 0 saturated heterocycles. The minimum Gasteiger partial charge on any atom is -0.395 e. The van der Waals surface area contributed by atoms with Crippen molar-refractivity contribution in [3.8, 4) is 0 Å². The van der Waals surface area contributed by atoms with Crippen molar-refractivity contribution in [1.82, 2.24) is 10.3 Å². The lowest BCUT2D eigenvalue weighted by Gasteiger charge is -2.02. The third-order valence-electron chi connectivity index (χ3n) is 1.72. The molecule has 0 radical (unpaired) electrons. The van der Waals surface area contributed by atoms with Gasteiger partial charge in [-0.2, -0.15) is 0 Å². The molecule has 0 fully saturated rings. The number of nitrogens with one attached hydrogen (secondary N) is 1. The number of aromatic nitrogens is 1. The van der Waals surface area contributed by atoms with Gasteiger partial charge < -0.3 is 21.9 Å². The summed E-state index contributed by atoms with van der Waals surface area (Å²) in [5.41, 5.74) is 11.3. The Hall–Kier alpha value is -1.02. The molecule has 1 aromatic heterocycles. The number of hydrogen-bond donors (Lipinski definition) is 4. The first-order valence-corrected chi connectivity index (χ1v) is 5.37. The van der Waals surface area contributed by atoms with Crippen molar-refractivity contribution >= 4 is 17.2 Å². The normalized spacial score (nSPS) is 12.5. The maximum Gasteiger partial charge on any atom is 0.270 e. The number of thiazole rings is 1. The van der Waals surface area contributed by atoms with Crippen LogP contribution in [0.2, 0.25) is 0 Å². The third kappa shape index (κ3) is 3.24. The van der Waals surface area contributed by atoms with Gasteiger partial charge in [0.25, 0.3) is 5.91 Å². The lowest BCUT2D eigenvalue weighted by molar-refractivity contribution is 0.0940. The average Bonchev–Trinajstić information content (AvgIpc) is 2.74. The number of aliphatic hydroxyl groups excluding tert-OH is 1. The first-order valence-electron chi connectivity index (χ1n) is 4.49. The van der Waals surface area contributed by atoms with E-state index in [2.05, 4.69) is 10.3 Å². The van der Waals surface area contributed by atoms with E-state index in [-0.39, 0.29) is 25.1 Å². The third-order valence-corrected chi connectivity index (χ3v) is 2.70. The second-order valence-electron chi connectivity index (χ2n) is 2.89. The van der Waals surface area contributed by atoms with Crippen LogP contribution < -0.4 is 16.8 Å². The molecule has 0 unspecified atom stereocenters. The van der Waals surface area contributed by atoms with Crippen molar-refractivity contribution in [1.29, 1.82) is 0 Å². The summed E-state index contributed by atoms with van der Waals surface area (Å²) in [6.45, 7) is 0.422. The number of nitrogens with zero attached hydrogens (tertiary/aromatic N) is 1. The van der Waals surface area contributed by atoms with E-state index in [4.69, 9.17) is 16.6 Å². The van der Waals surface area contributed by atoms with Crippen LogP contribution in [0.3, 0.4) is 0 Å². The summed E-state index contributed by atoms with van der Waals surface area (Å²) in [7, 11) is 0. The molecule has 0 aromatic carbocycles. The molecule has 7 heteroatoms. The molecule has 1 amide bonds. The standard InChI is InChI=1S/C8H14N4O2S/c9-3-5(10)8-12-6(4-15-8)7(14)11-1-2-13/h4-5,13H,1-3,9-10H2,(H,11,14)/t5-/m0/s1. The van der Waals surface area contributed by atoms with E-state index in [9.17, 15) is 4.79 Å². The van der Waals surface area contributed by atoms with E-state index in [1.807, 2.05) is 0 Å². The summed E-state index contributed by atoms with van der Waals surface area (Å²) >= 11 is 1.30. The van der Waals surface area contributed by atoms with Crippen LogP contribution in [0.4, 0.5) is 0 Å². The Morgan fingerprint density at radius 3 is 3.07 bits per heavy atom. The van der Waals surface area contributed by atoms with Crippen molar-refractivity contribution in [2.45, 2.75) is 6.04 Å². The molecule has 6 N–H and O–H groups in total. The fraction of sp³-hybridized carbons (Fsp3) is 0.500. The van der Waals surface area contributed by atoms with Crippen LogP contribution in [-0.4, -0.2) is 35.7 Å². The summed E-state index contributed by atoms with van der Waals surface area (Å²) in [6, 6.07) is -0.325. The molecule has 0 aliphatic carbocycles. The number of nitrogens with two attached hydrogens (primary N) is 2. The Labute approximate surface area is 91.3 Å². The van der Waals surface area contributed by atoms with Gasteiger partial charge >= 0.3 is 0 Å². The van der Waals surface area contributed by atoms with Gasteiger partial charge in [-0.1, -0.05) is 0 Å². The molecule has 0 bridgehead atoms. The van der Waals surface area contributed by atoms with Gasteiger partial charge in [0.05, 0.1) is 12.6 Å². The lowest BCUT2D eigenvalue weighted by atomic mass is 10.3. The van der Waals surface area contributed by atoms with Crippen LogP contribution in [0.25, 0.3) is 0 Å². The number of rotatable bonds is 5. The quantitative estimate of drug-likeness (QED) is 0.508. The highest BCUT2D eigenvalue weighted by atomic mass is 32.1. The Morgan fingerprint density at radius 2 is 2.47 bits per heavy atom. The topological polar surface area (TPSA) is 114 Å². The van der Waals surface area contributed by atoms with E-state index in [0.717, 1.165) is 0 Å². The van der Waals surface area contributed by atoms with E-state index in [0.29, 0.717) is 17.2 Å². The molecular formula is C8H14N4O2S. The van der Waals surface area contributed by atoms with E-state index in [1.165, 1.54) is 11.3 Å². The van der Waals surface area contributed by atoms with E-state index in [1.54, 1.807) is 5.38 Å². The molecule has 0 aliphatic rings. The van der Waals surface area contributed by atoms with Gasteiger partial charge in [-0.15, -0.1) is 11.3 Å². The summed E-state index contributed by atoms with van der Waals surface area (Å²) in [4.78, 5) is 15.4. The molecule has 1 rings (SSSR count). The zero-order chi connectivity index (χ0) is 11.3. The highest BCUT2D eigenvalue weighted by molar-refractivity contribution is 7.09. The maximum atomic E-state index is 11.4. The Balaban J connectivity index is 2.63. The van der Waals surface area contributed by atoms with Crippen LogP contribution in [0.1, 0.15) is 21.5 Å². The highest BCUT2D eigenvalue weighted by Crippen LogP contribution is 2.15. The summed E-state index contributed by atoms with van der Waals surface area (Å²) in [5, 5.41) is 13.3. The van der Waals surface area contributed by atoms with Crippen LogP contribution in [0, 0.1) is 0 Å². The first-order chi connectivity index (χ1) is 7.19. The van der Waals surface area contributed by atoms with Gasteiger partial charge in [0.15, 0.2) is 0 Å². The molecule has 15 heavy (non-hydrogen) atoms. The molecule has 0 spiro atoms. The van der Waals surface area contributed by atoms with E-state index < -0.39 is 0 Å². The number of amides is 1. The van der Waals surface area contributed by atoms with Crippen LogP contribution in [-0.2, 0) is 0 Å². The van der Waals surface area contributed by atoms with E-state index >= 15 is 0 Å². The van der Waals surface area contributed by atoms with Gasteiger partial charge in [0, 0.05) is 18.5 Å². The monoisotopic (exact) mass is 230 g/mol. The molecule has 1 atom stereocenters. The number of carbonyl (C=O) groups excluding carboxylic acids is 1. The largest absolute Gasteiger partial charge is 0.395 e. The summed E-state index contributed by atoms with van der Waals surface area (Å²) in [6.07, 6.45) is 0. The zero-order valence-corrected chi connectivity index (χ0v) is 8.96. The Bertz CT molecular complexity index is 328. The molecule has 1 heterocycles. The summed E-state index contributed by atoms with van der Waals surface area (Å²) in [5.74, 6) is -0.309. The van der Waals surface area contributed by atoms with Crippen LogP contribution >= 0.6 is 11.3 Å². The minimum absolute atomic E-state index is 0.0922.